The average Bonchev–Trinajstić information content (AvgIpc) is 2.90. The molecule has 2 aliphatic rings. The average molecular weight is 419 g/mol. The van der Waals surface area contributed by atoms with Gasteiger partial charge in [-0.3, -0.25) is 0 Å². The maximum Gasteiger partial charge on any atom is 0.0940 e. The number of benzene rings is 1. The van der Waals surface area contributed by atoms with Gasteiger partial charge in [-0.1, -0.05) is 37.9 Å². The first-order valence-corrected chi connectivity index (χ1v) is 9.06. The lowest BCUT2D eigenvalue weighted by atomic mass is 9.79. The molecule has 3 unspecified atom stereocenters. The van der Waals surface area contributed by atoms with E-state index in [-0.39, 0.29) is 5.60 Å². The van der Waals surface area contributed by atoms with Crippen LogP contribution in [-0.4, -0.2) is 32.5 Å². The maximum atomic E-state index is 6.06. The highest BCUT2D eigenvalue weighted by Crippen LogP contribution is 2.42. The van der Waals surface area contributed by atoms with Gasteiger partial charge >= 0.3 is 0 Å². The third-order valence-corrected chi connectivity index (χ3v) is 5.86. The Morgan fingerprint density at radius 1 is 1.33 bits per heavy atom. The normalized spacial score (nSPS) is 30.7. The molecule has 1 aromatic carbocycles. The van der Waals surface area contributed by atoms with Gasteiger partial charge in [-0.2, -0.15) is 0 Å². The van der Waals surface area contributed by atoms with Gasteiger partial charge in [0, 0.05) is 34.6 Å². The molecule has 1 spiro atoms. The highest BCUT2D eigenvalue weighted by molar-refractivity contribution is 9.11. The van der Waals surface area contributed by atoms with Crippen LogP contribution in [0.2, 0.25) is 0 Å². The predicted molar refractivity (Wildman–Crippen MR) is 90.5 cm³/mol. The van der Waals surface area contributed by atoms with Crippen molar-refractivity contribution in [2.45, 2.75) is 30.9 Å². The fourth-order valence-corrected chi connectivity index (χ4v) is 4.91. The zero-order chi connectivity index (χ0) is 14.9. The summed E-state index contributed by atoms with van der Waals surface area (Å²) >= 11 is 7.23. The van der Waals surface area contributed by atoms with Crippen LogP contribution in [0.3, 0.4) is 0 Å². The molecule has 3 rings (SSSR count). The van der Waals surface area contributed by atoms with E-state index in [1.165, 1.54) is 5.56 Å². The van der Waals surface area contributed by atoms with E-state index in [0.717, 1.165) is 48.0 Å². The van der Waals surface area contributed by atoms with E-state index >= 15 is 0 Å². The first kappa shape index (κ1) is 15.9. The third-order valence-electron chi connectivity index (χ3n) is 4.68. The molecule has 2 saturated heterocycles. The summed E-state index contributed by atoms with van der Waals surface area (Å²) in [6, 6.07) is 6.77. The Kier molecular flexibility index (Phi) is 5.06. The van der Waals surface area contributed by atoms with Crippen molar-refractivity contribution in [3.8, 4) is 0 Å². The molecular formula is C16H21Br2NO2. The quantitative estimate of drug-likeness (QED) is 0.802. The molecule has 21 heavy (non-hydrogen) atoms. The standard InChI is InChI=1S/C16H21Br2NO2/c1-19-15(13-3-2-12(17)8-14(13)18)11-4-6-21-16(9-11)5-7-20-10-16/h2-3,8,11,15,19H,4-7,9-10H2,1H3. The molecule has 0 aromatic heterocycles. The summed E-state index contributed by atoms with van der Waals surface area (Å²) in [5.74, 6) is 0.572. The van der Waals surface area contributed by atoms with Gasteiger partial charge in [-0.15, -0.1) is 0 Å². The Labute approximate surface area is 143 Å². The number of nitrogens with one attached hydrogen (secondary N) is 1. The summed E-state index contributed by atoms with van der Waals surface area (Å²) in [6.45, 7) is 2.42. The summed E-state index contributed by atoms with van der Waals surface area (Å²) < 4.78 is 13.9. The van der Waals surface area contributed by atoms with Gasteiger partial charge in [0.2, 0.25) is 0 Å². The van der Waals surface area contributed by atoms with E-state index < -0.39 is 0 Å². The van der Waals surface area contributed by atoms with Gasteiger partial charge < -0.3 is 14.8 Å². The fraction of sp³-hybridized carbons (Fsp3) is 0.625. The summed E-state index contributed by atoms with van der Waals surface area (Å²) in [5, 5.41) is 3.51. The summed E-state index contributed by atoms with van der Waals surface area (Å²) in [4.78, 5) is 0. The van der Waals surface area contributed by atoms with Gasteiger partial charge in [0.05, 0.1) is 12.2 Å². The Morgan fingerprint density at radius 3 is 2.86 bits per heavy atom. The van der Waals surface area contributed by atoms with Gasteiger partial charge in [-0.05, 0) is 43.5 Å². The van der Waals surface area contributed by atoms with E-state index in [0.29, 0.717) is 12.0 Å². The minimum absolute atomic E-state index is 0.0418. The smallest absolute Gasteiger partial charge is 0.0940 e. The minimum atomic E-state index is -0.0418. The molecule has 2 aliphatic heterocycles. The van der Waals surface area contributed by atoms with Crippen molar-refractivity contribution in [3.63, 3.8) is 0 Å². The van der Waals surface area contributed by atoms with Crippen molar-refractivity contribution in [1.29, 1.82) is 0 Å². The lowest BCUT2D eigenvalue weighted by Crippen LogP contribution is -2.43. The van der Waals surface area contributed by atoms with Crippen LogP contribution in [0.5, 0.6) is 0 Å². The molecule has 2 fully saturated rings. The molecule has 0 radical (unpaired) electrons. The number of rotatable bonds is 3. The molecule has 0 bridgehead atoms. The Morgan fingerprint density at radius 2 is 2.19 bits per heavy atom. The monoisotopic (exact) mass is 417 g/mol. The molecule has 0 saturated carbocycles. The molecule has 5 heteroatoms. The first-order valence-electron chi connectivity index (χ1n) is 7.47. The second-order valence-corrected chi connectivity index (χ2v) is 7.79. The van der Waals surface area contributed by atoms with Crippen LogP contribution < -0.4 is 5.32 Å². The van der Waals surface area contributed by atoms with Crippen molar-refractivity contribution >= 4 is 31.9 Å². The lowest BCUT2D eigenvalue weighted by Gasteiger charge is -2.40. The summed E-state index contributed by atoms with van der Waals surface area (Å²) in [7, 11) is 2.05. The van der Waals surface area contributed by atoms with Crippen molar-refractivity contribution in [3.05, 3.63) is 32.7 Å². The van der Waals surface area contributed by atoms with Gasteiger partial charge in [0.25, 0.3) is 0 Å². The van der Waals surface area contributed by atoms with Crippen LogP contribution >= 0.6 is 31.9 Å². The zero-order valence-corrected chi connectivity index (χ0v) is 15.4. The van der Waals surface area contributed by atoms with Crippen molar-refractivity contribution in [2.75, 3.05) is 26.9 Å². The summed E-state index contributed by atoms with van der Waals surface area (Å²) in [5.41, 5.74) is 1.28. The lowest BCUT2D eigenvalue weighted by molar-refractivity contribution is -0.103. The fourth-order valence-electron chi connectivity index (χ4n) is 3.61. The van der Waals surface area contributed by atoms with E-state index in [4.69, 9.17) is 9.47 Å². The number of ether oxygens (including phenoxy) is 2. The van der Waals surface area contributed by atoms with Crippen molar-refractivity contribution in [1.82, 2.24) is 5.32 Å². The van der Waals surface area contributed by atoms with Crippen LogP contribution in [0.25, 0.3) is 0 Å². The van der Waals surface area contributed by atoms with E-state index in [1.54, 1.807) is 0 Å². The SMILES string of the molecule is CNC(c1ccc(Br)cc1Br)C1CCOC2(CCOC2)C1. The molecule has 3 nitrogen and oxygen atoms in total. The van der Waals surface area contributed by atoms with Gasteiger partial charge in [0.15, 0.2) is 0 Å². The van der Waals surface area contributed by atoms with E-state index in [2.05, 4.69) is 55.4 Å². The highest BCUT2D eigenvalue weighted by Gasteiger charge is 2.43. The molecule has 1 aromatic rings. The van der Waals surface area contributed by atoms with E-state index in [1.807, 2.05) is 7.05 Å². The van der Waals surface area contributed by atoms with Gasteiger partial charge in [0.1, 0.15) is 0 Å². The molecule has 1 N–H and O–H groups in total. The molecular weight excluding hydrogens is 398 g/mol. The summed E-state index contributed by atoms with van der Waals surface area (Å²) in [6.07, 6.45) is 3.19. The maximum absolute atomic E-state index is 6.06. The third kappa shape index (κ3) is 3.37. The minimum Gasteiger partial charge on any atom is -0.378 e. The van der Waals surface area contributed by atoms with Crippen LogP contribution in [-0.2, 0) is 9.47 Å². The molecule has 2 heterocycles. The Bertz CT molecular complexity index is 503. The van der Waals surface area contributed by atoms with Crippen LogP contribution in [0.4, 0.5) is 0 Å². The molecule has 3 atom stereocenters. The van der Waals surface area contributed by atoms with Crippen molar-refractivity contribution in [2.24, 2.45) is 5.92 Å². The van der Waals surface area contributed by atoms with Crippen LogP contribution in [0, 0.1) is 5.92 Å². The largest absolute Gasteiger partial charge is 0.378 e. The second-order valence-electron chi connectivity index (χ2n) is 6.02. The number of halogens is 2. The predicted octanol–water partition coefficient (Wildman–Crippen LogP) is 4.06. The Balaban J connectivity index is 1.82. The van der Waals surface area contributed by atoms with Crippen LogP contribution in [0.1, 0.15) is 30.9 Å². The Hall–Kier alpha value is 0.0600. The van der Waals surface area contributed by atoms with Gasteiger partial charge in [-0.25, -0.2) is 0 Å². The first-order chi connectivity index (χ1) is 10.1. The molecule has 0 amide bonds. The van der Waals surface area contributed by atoms with E-state index in [9.17, 15) is 0 Å². The highest BCUT2D eigenvalue weighted by atomic mass is 79.9. The zero-order valence-electron chi connectivity index (χ0n) is 12.2. The second kappa shape index (κ2) is 6.67. The number of hydrogen-bond acceptors (Lipinski definition) is 3. The molecule has 0 aliphatic carbocycles. The van der Waals surface area contributed by atoms with Crippen LogP contribution in [0.15, 0.2) is 27.1 Å². The number of hydrogen-bond donors (Lipinski definition) is 1. The van der Waals surface area contributed by atoms with Crippen molar-refractivity contribution < 1.29 is 9.47 Å². The molecule has 116 valence electrons. The topological polar surface area (TPSA) is 30.5 Å².